The Hall–Kier alpha value is -3.47. The van der Waals surface area contributed by atoms with Crippen LogP contribution in [0, 0.1) is 13.8 Å². The maximum Gasteiger partial charge on any atom is 0.262 e. The van der Waals surface area contributed by atoms with Gasteiger partial charge in [-0.15, -0.1) is 0 Å². The lowest BCUT2D eigenvalue weighted by molar-refractivity contribution is -0.118. The molecule has 0 spiro atoms. The number of benzene rings is 3. The first-order valence-electron chi connectivity index (χ1n) is 9.51. The number of anilines is 1. The van der Waals surface area contributed by atoms with Crippen LogP contribution in [0.25, 0.3) is 0 Å². The molecule has 3 rings (SSSR count). The zero-order valence-corrected chi connectivity index (χ0v) is 16.7. The number of carbonyl (C=O) groups is 1. The maximum absolute atomic E-state index is 12.1. The van der Waals surface area contributed by atoms with Crippen LogP contribution in [0.2, 0.25) is 0 Å². The molecule has 5 heteroatoms. The first-order chi connectivity index (χ1) is 14.1. The molecule has 0 saturated heterocycles. The molecule has 0 heterocycles. The fourth-order valence-corrected chi connectivity index (χ4v) is 2.77. The van der Waals surface area contributed by atoms with E-state index in [1.54, 1.807) is 12.1 Å². The molecule has 0 bridgehead atoms. The third-order valence-corrected chi connectivity index (χ3v) is 4.19. The number of carbonyl (C=O) groups excluding carboxylic acids is 1. The van der Waals surface area contributed by atoms with Gasteiger partial charge in [-0.1, -0.05) is 35.9 Å². The van der Waals surface area contributed by atoms with Crippen molar-refractivity contribution in [2.45, 2.75) is 13.8 Å². The highest BCUT2D eigenvalue weighted by Gasteiger charge is 2.06. The Labute approximate surface area is 171 Å². The number of amides is 1. The Morgan fingerprint density at radius 3 is 2.10 bits per heavy atom. The smallest absolute Gasteiger partial charge is 0.262 e. The lowest BCUT2D eigenvalue weighted by Gasteiger charge is -2.11. The van der Waals surface area contributed by atoms with E-state index in [4.69, 9.17) is 14.2 Å². The van der Waals surface area contributed by atoms with Crippen molar-refractivity contribution in [2.24, 2.45) is 0 Å². The van der Waals surface area contributed by atoms with E-state index < -0.39 is 0 Å². The van der Waals surface area contributed by atoms with Gasteiger partial charge >= 0.3 is 0 Å². The monoisotopic (exact) mass is 391 g/mol. The topological polar surface area (TPSA) is 56.8 Å². The van der Waals surface area contributed by atoms with Gasteiger partial charge in [-0.2, -0.15) is 0 Å². The Morgan fingerprint density at radius 1 is 0.793 bits per heavy atom. The summed E-state index contributed by atoms with van der Waals surface area (Å²) in [5.41, 5.74) is 2.86. The van der Waals surface area contributed by atoms with Crippen molar-refractivity contribution in [3.63, 3.8) is 0 Å². The van der Waals surface area contributed by atoms with Crippen LogP contribution in [0.3, 0.4) is 0 Å². The largest absolute Gasteiger partial charge is 0.490 e. The van der Waals surface area contributed by atoms with Gasteiger partial charge in [0.15, 0.2) is 6.61 Å². The molecule has 29 heavy (non-hydrogen) atoms. The van der Waals surface area contributed by atoms with Crippen LogP contribution in [-0.2, 0) is 4.79 Å². The van der Waals surface area contributed by atoms with E-state index in [9.17, 15) is 4.79 Å². The number of hydrogen-bond donors (Lipinski definition) is 1. The molecule has 1 amide bonds. The van der Waals surface area contributed by atoms with Crippen molar-refractivity contribution in [1.29, 1.82) is 0 Å². The molecule has 0 aliphatic carbocycles. The number of hydrogen-bond acceptors (Lipinski definition) is 4. The average Bonchev–Trinajstić information content (AvgIpc) is 2.72. The molecule has 3 aromatic carbocycles. The Morgan fingerprint density at radius 2 is 1.45 bits per heavy atom. The zero-order valence-electron chi connectivity index (χ0n) is 16.7. The average molecular weight is 391 g/mol. The van der Waals surface area contributed by atoms with Gasteiger partial charge in [-0.05, 0) is 61.9 Å². The molecule has 0 fully saturated rings. The minimum Gasteiger partial charge on any atom is -0.490 e. The van der Waals surface area contributed by atoms with Crippen LogP contribution in [-0.4, -0.2) is 25.7 Å². The highest BCUT2D eigenvalue weighted by atomic mass is 16.5. The third-order valence-electron chi connectivity index (χ3n) is 4.19. The van der Waals surface area contributed by atoms with Crippen LogP contribution in [0.5, 0.6) is 17.2 Å². The minimum absolute atomic E-state index is 0.0427. The van der Waals surface area contributed by atoms with E-state index in [1.807, 2.05) is 74.5 Å². The van der Waals surface area contributed by atoms with E-state index in [-0.39, 0.29) is 12.5 Å². The summed E-state index contributed by atoms with van der Waals surface area (Å²) in [6.45, 7) is 4.83. The second-order valence-corrected chi connectivity index (χ2v) is 6.64. The normalized spacial score (nSPS) is 10.3. The predicted molar refractivity (Wildman–Crippen MR) is 114 cm³/mol. The van der Waals surface area contributed by atoms with Gasteiger partial charge in [-0.25, -0.2) is 0 Å². The Kier molecular flexibility index (Phi) is 7.11. The lowest BCUT2D eigenvalue weighted by atomic mass is 10.1. The second kappa shape index (κ2) is 10.2. The highest BCUT2D eigenvalue weighted by molar-refractivity contribution is 5.91. The summed E-state index contributed by atoms with van der Waals surface area (Å²) in [4.78, 5) is 12.1. The summed E-state index contributed by atoms with van der Waals surface area (Å²) in [6, 6.07) is 22.7. The zero-order chi connectivity index (χ0) is 20.5. The van der Waals surface area contributed by atoms with Gasteiger partial charge in [0.25, 0.3) is 5.91 Å². The van der Waals surface area contributed by atoms with E-state index in [0.717, 1.165) is 16.9 Å². The number of aryl methyl sites for hydroxylation is 2. The summed E-state index contributed by atoms with van der Waals surface area (Å²) in [6.07, 6.45) is 0. The Balaban J connectivity index is 1.39. The number of ether oxygens (including phenoxy) is 3. The van der Waals surface area contributed by atoms with Crippen molar-refractivity contribution in [3.8, 4) is 17.2 Å². The second-order valence-electron chi connectivity index (χ2n) is 6.64. The van der Waals surface area contributed by atoms with E-state index >= 15 is 0 Å². The molecule has 150 valence electrons. The quantitative estimate of drug-likeness (QED) is 0.534. The molecule has 0 atom stereocenters. The molecule has 1 N–H and O–H groups in total. The first kappa shape index (κ1) is 20.3. The van der Waals surface area contributed by atoms with Crippen molar-refractivity contribution < 1.29 is 19.0 Å². The fraction of sp³-hybridized carbons (Fsp3) is 0.208. The summed E-state index contributed by atoms with van der Waals surface area (Å²) in [5, 5.41) is 2.81. The molecule has 0 aliphatic heterocycles. The van der Waals surface area contributed by atoms with Crippen LogP contribution in [0.1, 0.15) is 11.1 Å². The van der Waals surface area contributed by atoms with Crippen LogP contribution in [0.4, 0.5) is 5.69 Å². The number of nitrogens with one attached hydrogen (secondary N) is 1. The van der Waals surface area contributed by atoms with E-state index in [0.29, 0.717) is 30.4 Å². The summed E-state index contributed by atoms with van der Waals surface area (Å²) >= 11 is 0. The SMILES string of the molecule is Cc1ccc(OCC(=O)Nc2ccc(OCCOc3ccccc3)cc2)c(C)c1. The molecular formula is C24H25NO4. The van der Waals surface area contributed by atoms with Crippen LogP contribution in [0.15, 0.2) is 72.8 Å². The number of para-hydroxylation sites is 1. The molecule has 0 unspecified atom stereocenters. The molecule has 5 nitrogen and oxygen atoms in total. The molecule has 0 aliphatic rings. The highest BCUT2D eigenvalue weighted by Crippen LogP contribution is 2.19. The summed E-state index contributed by atoms with van der Waals surface area (Å²) in [5.74, 6) is 2.03. The molecule has 3 aromatic rings. The van der Waals surface area contributed by atoms with Crippen LogP contribution < -0.4 is 19.5 Å². The first-order valence-corrected chi connectivity index (χ1v) is 9.51. The van der Waals surface area contributed by atoms with Crippen LogP contribution >= 0.6 is 0 Å². The predicted octanol–water partition coefficient (Wildman–Crippen LogP) is 4.78. The van der Waals surface area contributed by atoms with Gasteiger partial charge in [-0.3, -0.25) is 4.79 Å². The van der Waals surface area contributed by atoms with Gasteiger partial charge < -0.3 is 19.5 Å². The third kappa shape index (κ3) is 6.57. The van der Waals surface area contributed by atoms with Crippen molar-refractivity contribution in [2.75, 3.05) is 25.1 Å². The van der Waals surface area contributed by atoms with E-state index in [1.165, 1.54) is 0 Å². The summed E-state index contributed by atoms with van der Waals surface area (Å²) < 4.78 is 16.8. The van der Waals surface area contributed by atoms with Gasteiger partial charge in [0, 0.05) is 5.69 Å². The van der Waals surface area contributed by atoms with Gasteiger partial charge in [0.2, 0.25) is 0 Å². The molecular weight excluding hydrogens is 366 g/mol. The lowest BCUT2D eigenvalue weighted by Crippen LogP contribution is -2.20. The van der Waals surface area contributed by atoms with Crippen molar-refractivity contribution in [3.05, 3.63) is 83.9 Å². The minimum atomic E-state index is -0.213. The van der Waals surface area contributed by atoms with Gasteiger partial charge in [0.1, 0.15) is 30.5 Å². The standard InChI is InChI=1S/C24H25NO4/c1-18-8-13-23(19(2)16-18)29-17-24(26)25-20-9-11-22(12-10-20)28-15-14-27-21-6-4-3-5-7-21/h3-13,16H,14-15,17H2,1-2H3,(H,25,26). The molecule has 0 aromatic heterocycles. The van der Waals surface area contributed by atoms with Gasteiger partial charge in [0.05, 0.1) is 0 Å². The Bertz CT molecular complexity index is 923. The molecule has 0 radical (unpaired) electrons. The van der Waals surface area contributed by atoms with E-state index in [2.05, 4.69) is 5.32 Å². The fourth-order valence-electron chi connectivity index (χ4n) is 2.77. The summed E-state index contributed by atoms with van der Waals surface area (Å²) in [7, 11) is 0. The van der Waals surface area contributed by atoms with Crippen molar-refractivity contribution in [1.82, 2.24) is 0 Å². The maximum atomic E-state index is 12.1. The molecule has 0 saturated carbocycles. The number of rotatable bonds is 9. The van der Waals surface area contributed by atoms with Crippen molar-refractivity contribution >= 4 is 11.6 Å².